The number of carbonyl (C=O) groups is 2. The third-order valence-electron chi connectivity index (χ3n) is 5.99. The van der Waals surface area contributed by atoms with E-state index in [-0.39, 0.29) is 17.9 Å². The van der Waals surface area contributed by atoms with E-state index in [1.807, 2.05) is 95.3 Å². The number of hydrogen-bond acceptors (Lipinski definition) is 6. The molecule has 0 bridgehead atoms. The summed E-state index contributed by atoms with van der Waals surface area (Å²) in [4.78, 5) is 24.5. The van der Waals surface area contributed by atoms with Crippen LogP contribution in [-0.4, -0.2) is 38.4 Å². The van der Waals surface area contributed by atoms with E-state index >= 15 is 0 Å². The Morgan fingerprint density at radius 1 is 0.711 bits per heavy atom. The molecule has 0 heterocycles. The maximum atomic E-state index is 12.4. The molecule has 0 amide bonds. The molecule has 38 heavy (non-hydrogen) atoms. The zero-order valence-corrected chi connectivity index (χ0v) is 24.1. The fraction of sp³-hybridized carbons (Fsp3) is 0.562. The lowest BCUT2D eigenvalue weighted by molar-refractivity contribution is -0.156. The van der Waals surface area contributed by atoms with E-state index in [0.29, 0.717) is 46.1 Å². The van der Waals surface area contributed by atoms with Crippen LogP contribution < -0.4 is 0 Å². The molecule has 0 fully saturated rings. The third-order valence-corrected chi connectivity index (χ3v) is 5.99. The van der Waals surface area contributed by atoms with Gasteiger partial charge in [0.15, 0.2) is 0 Å². The van der Waals surface area contributed by atoms with Gasteiger partial charge < -0.3 is 18.9 Å². The van der Waals surface area contributed by atoms with Crippen molar-refractivity contribution in [2.45, 2.75) is 79.9 Å². The highest BCUT2D eigenvalue weighted by Crippen LogP contribution is 2.25. The molecule has 0 aliphatic carbocycles. The van der Waals surface area contributed by atoms with Gasteiger partial charge in [-0.3, -0.25) is 9.59 Å². The molecule has 2 rings (SSSR count). The van der Waals surface area contributed by atoms with Crippen molar-refractivity contribution in [1.82, 2.24) is 0 Å². The lowest BCUT2D eigenvalue weighted by Gasteiger charge is -2.22. The minimum atomic E-state index is -0.535. The van der Waals surface area contributed by atoms with Crippen LogP contribution in [-0.2, 0) is 41.8 Å². The standard InChI is InChI=1S/C30H42O6.C2H6/c1-25(28(31)35-23-26-14-6-4-7-15-26)13-10-19-33-21-12-22-34-20-11-18-30(2,3)29(32)36-24-27-16-8-5-9-17-27;1-2/h4-9,14-17,25H,10-13,18-24H2,1-3H3;1-2H3. The number of ether oxygens (including phenoxy) is 4. The first-order chi connectivity index (χ1) is 18.4. The fourth-order valence-corrected chi connectivity index (χ4v) is 3.58. The van der Waals surface area contributed by atoms with Gasteiger partial charge >= 0.3 is 11.9 Å². The second-order valence-corrected chi connectivity index (χ2v) is 9.76. The van der Waals surface area contributed by atoms with Gasteiger partial charge in [0.2, 0.25) is 0 Å². The molecule has 0 radical (unpaired) electrons. The molecule has 0 aliphatic rings. The van der Waals surface area contributed by atoms with Gasteiger partial charge in [0.25, 0.3) is 0 Å². The minimum Gasteiger partial charge on any atom is -0.461 e. The Balaban J connectivity index is 0.00000352. The average molecular weight is 529 g/mol. The van der Waals surface area contributed by atoms with Crippen molar-refractivity contribution in [3.05, 3.63) is 71.8 Å². The predicted octanol–water partition coefficient (Wildman–Crippen LogP) is 7.15. The van der Waals surface area contributed by atoms with Crippen LogP contribution in [0.4, 0.5) is 0 Å². The largest absolute Gasteiger partial charge is 0.461 e. The first kappa shape index (κ1) is 33.3. The summed E-state index contributed by atoms with van der Waals surface area (Å²) in [6.07, 6.45) is 3.89. The second kappa shape index (κ2) is 20.3. The number of hydrogen-bond donors (Lipinski definition) is 0. The van der Waals surface area contributed by atoms with E-state index in [0.717, 1.165) is 36.8 Å². The Hall–Kier alpha value is -2.70. The number of carbonyl (C=O) groups excluding carboxylic acids is 2. The maximum Gasteiger partial charge on any atom is 0.311 e. The lowest BCUT2D eigenvalue weighted by atomic mass is 9.88. The zero-order chi connectivity index (χ0) is 28.1. The lowest BCUT2D eigenvalue weighted by Crippen LogP contribution is -2.27. The highest BCUT2D eigenvalue weighted by molar-refractivity contribution is 5.75. The molecular formula is C32H48O6. The summed E-state index contributed by atoms with van der Waals surface area (Å²) in [6, 6.07) is 19.4. The van der Waals surface area contributed by atoms with E-state index in [1.54, 1.807) is 0 Å². The monoisotopic (exact) mass is 528 g/mol. The molecule has 212 valence electrons. The van der Waals surface area contributed by atoms with Crippen LogP contribution >= 0.6 is 0 Å². The van der Waals surface area contributed by atoms with Crippen LogP contribution in [0.2, 0.25) is 0 Å². The van der Waals surface area contributed by atoms with E-state index < -0.39 is 5.41 Å². The van der Waals surface area contributed by atoms with Gasteiger partial charge in [-0.25, -0.2) is 0 Å². The van der Waals surface area contributed by atoms with Crippen LogP contribution in [0.1, 0.15) is 77.8 Å². The van der Waals surface area contributed by atoms with E-state index in [4.69, 9.17) is 18.9 Å². The zero-order valence-electron chi connectivity index (χ0n) is 24.1. The summed E-state index contributed by atoms with van der Waals surface area (Å²) in [7, 11) is 0. The molecule has 6 nitrogen and oxygen atoms in total. The molecule has 1 unspecified atom stereocenters. The topological polar surface area (TPSA) is 71.1 Å². The van der Waals surface area contributed by atoms with E-state index in [1.165, 1.54) is 0 Å². The summed E-state index contributed by atoms with van der Waals surface area (Å²) in [6.45, 7) is 12.8. The van der Waals surface area contributed by atoms with Crippen molar-refractivity contribution < 1.29 is 28.5 Å². The van der Waals surface area contributed by atoms with Crippen LogP contribution in [0.3, 0.4) is 0 Å². The molecule has 6 heteroatoms. The van der Waals surface area contributed by atoms with Crippen LogP contribution in [0.25, 0.3) is 0 Å². The quantitative estimate of drug-likeness (QED) is 0.151. The van der Waals surface area contributed by atoms with Gasteiger partial charge in [0, 0.05) is 26.4 Å². The summed E-state index contributed by atoms with van der Waals surface area (Å²) in [5.41, 5.74) is 1.45. The molecule has 0 aliphatic heterocycles. The van der Waals surface area contributed by atoms with Gasteiger partial charge in [0.05, 0.1) is 11.3 Å². The Labute approximate surface area is 230 Å². The van der Waals surface area contributed by atoms with Crippen molar-refractivity contribution >= 4 is 11.9 Å². The minimum absolute atomic E-state index is 0.138. The van der Waals surface area contributed by atoms with Crippen molar-refractivity contribution in [2.75, 3.05) is 26.4 Å². The van der Waals surface area contributed by atoms with Gasteiger partial charge in [-0.2, -0.15) is 0 Å². The van der Waals surface area contributed by atoms with E-state index in [9.17, 15) is 9.59 Å². The molecule has 1 atom stereocenters. The predicted molar refractivity (Wildman–Crippen MR) is 151 cm³/mol. The molecular weight excluding hydrogens is 480 g/mol. The van der Waals surface area contributed by atoms with Gasteiger partial charge in [-0.05, 0) is 57.1 Å². The number of benzene rings is 2. The van der Waals surface area contributed by atoms with E-state index in [2.05, 4.69) is 0 Å². The Morgan fingerprint density at radius 3 is 1.74 bits per heavy atom. The van der Waals surface area contributed by atoms with Gasteiger partial charge in [-0.1, -0.05) is 81.4 Å². The first-order valence-corrected chi connectivity index (χ1v) is 14.0. The van der Waals surface area contributed by atoms with Crippen molar-refractivity contribution in [3.8, 4) is 0 Å². The summed E-state index contributed by atoms with van der Waals surface area (Å²) in [5.74, 6) is -0.487. The maximum absolute atomic E-state index is 12.4. The summed E-state index contributed by atoms with van der Waals surface area (Å²) < 4.78 is 22.2. The van der Waals surface area contributed by atoms with Crippen molar-refractivity contribution in [1.29, 1.82) is 0 Å². The fourth-order valence-electron chi connectivity index (χ4n) is 3.58. The SMILES string of the molecule is CC.CC(CCCOCCCOCCCC(C)(C)C(=O)OCc1ccccc1)C(=O)OCc1ccccc1. The molecule has 0 saturated carbocycles. The molecule has 2 aromatic carbocycles. The van der Waals surface area contributed by atoms with Crippen LogP contribution in [0, 0.1) is 11.3 Å². The number of esters is 2. The molecule has 0 saturated heterocycles. The van der Waals surface area contributed by atoms with Crippen molar-refractivity contribution in [3.63, 3.8) is 0 Å². The average Bonchev–Trinajstić information content (AvgIpc) is 2.95. The van der Waals surface area contributed by atoms with Crippen molar-refractivity contribution in [2.24, 2.45) is 11.3 Å². The second-order valence-electron chi connectivity index (χ2n) is 9.76. The van der Waals surface area contributed by atoms with Gasteiger partial charge in [0.1, 0.15) is 13.2 Å². The Bertz CT molecular complexity index is 866. The van der Waals surface area contributed by atoms with Gasteiger partial charge in [-0.15, -0.1) is 0 Å². The highest BCUT2D eigenvalue weighted by Gasteiger charge is 2.28. The summed E-state index contributed by atoms with van der Waals surface area (Å²) >= 11 is 0. The smallest absolute Gasteiger partial charge is 0.311 e. The molecule has 0 spiro atoms. The first-order valence-electron chi connectivity index (χ1n) is 14.0. The summed E-state index contributed by atoms with van der Waals surface area (Å²) in [5, 5.41) is 0. The van der Waals surface area contributed by atoms with Crippen LogP contribution in [0.15, 0.2) is 60.7 Å². The van der Waals surface area contributed by atoms with Crippen LogP contribution in [0.5, 0.6) is 0 Å². The highest BCUT2D eigenvalue weighted by atomic mass is 16.5. The number of rotatable bonds is 18. The Morgan fingerprint density at radius 2 is 1.18 bits per heavy atom. The molecule has 0 N–H and O–H groups in total. The molecule has 2 aromatic rings. The Kier molecular flexibility index (Phi) is 17.8. The molecule has 0 aromatic heterocycles. The third kappa shape index (κ3) is 14.9. The normalized spacial score (nSPS) is 11.7.